The third-order valence-electron chi connectivity index (χ3n) is 18.1. The van der Waals surface area contributed by atoms with E-state index in [-0.39, 0.29) is 24.2 Å². The Bertz CT molecular complexity index is 1530. The molecule has 7 saturated carbocycles. The summed E-state index contributed by atoms with van der Waals surface area (Å²) in [4.78, 5) is 27.3. The maximum Gasteiger partial charge on any atom is 0.332 e. The molecule has 14 unspecified atom stereocenters. The Morgan fingerprint density at radius 2 is 1.73 bits per heavy atom. The molecule has 52 heavy (non-hydrogen) atoms. The van der Waals surface area contributed by atoms with Crippen LogP contribution in [0.4, 0.5) is 0 Å². The molecular formula is C43H64N2O7. The Kier molecular flexibility index (Phi) is 8.62. The summed E-state index contributed by atoms with van der Waals surface area (Å²) in [5.74, 6) is -0.561. The van der Waals surface area contributed by atoms with Crippen molar-refractivity contribution in [2.75, 3.05) is 26.7 Å². The number of aliphatic hydroxyl groups excluding tert-OH is 1. The number of aldehydes is 1. The Balaban J connectivity index is 1.16. The van der Waals surface area contributed by atoms with E-state index in [4.69, 9.17) is 4.74 Å². The van der Waals surface area contributed by atoms with E-state index in [0.29, 0.717) is 69.2 Å². The molecule has 14 atom stereocenters. The number of fused-ring (bicyclic) bond motifs is 3. The number of nitrogens with one attached hydrogen (secondary N) is 2. The van der Waals surface area contributed by atoms with Gasteiger partial charge in [0.05, 0.1) is 22.7 Å². The molecule has 0 saturated heterocycles. The molecule has 0 aromatic carbocycles. The van der Waals surface area contributed by atoms with Gasteiger partial charge in [-0.15, -0.1) is 0 Å². The van der Waals surface area contributed by atoms with Gasteiger partial charge in [-0.2, -0.15) is 0 Å². The lowest BCUT2D eigenvalue weighted by Crippen LogP contribution is -2.80. The average molecular weight is 721 g/mol. The van der Waals surface area contributed by atoms with E-state index in [0.717, 1.165) is 62.6 Å². The number of hydrogen-bond acceptors (Lipinski definition) is 9. The summed E-state index contributed by atoms with van der Waals surface area (Å²) in [6.07, 6.45) is 17.3. The van der Waals surface area contributed by atoms with Gasteiger partial charge in [0.1, 0.15) is 11.9 Å². The first-order valence-electron chi connectivity index (χ1n) is 21.3. The van der Waals surface area contributed by atoms with Crippen molar-refractivity contribution in [2.24, 2.45) is 58.2 Å². The molecule has 2 bridgehead atoms. The highest BCUT2D eigenvalue weighted by Gasteiger charge is 2.83. The lowest BCUT2D eigenvalue weighted by molar-refractivity contribution is -0.344. The van der Waals surface area contributed by atoms with Gasteiger partial charge in [0.2, 0.25) is 0 Å². The second-order valence-corrected chi connectivity index (χ2v) is 19.5. The summed E-state index contributed by atoms with van der Waals surface area (Å²) in [7, 11) is 1.93. The minimum absolute atomic E-state index is 0.0842. The largest absolute Gasteiger partial charge is 0.447 e. The van der Waals surface area contributed by atoms with Crippen LogP contribution in [0.1, 0.15) is 116 Å². The lowest BCUT2D eigenvalue weighted by atomic mass is 9.35. The predicted molar refractivity (Wildman–Crippen MR) is 196 cm³/mol. The fourth-order valence-corrected chi connectivity index (χ4v) is 15.9. The standard InChI is InChI=1S/C43H64N2O7/c1-26(27-7-3-4-8-27)28-9-10-32-34(47)11-15-39(25-46)35-12-16-38-13-5-6-14-40-31(24-45-18-17-44-2)20-29(37(38)33(40)21-36(48)52-40)22-42(38,50)41(35,49)23-30(19-28)43(32,39)51/h20-21,25-30,32,34-35,37,44-45,47,49-51H,3-19,22-24H2,1-2H3. The number of aliphatic hydroxyl groups is 4. The Hall–Kier alpha value is -1.62. The molecule has 9 rings (SSSR count). The zero-order valence-corrected chi connectivity index (χ0v) is 31.6. The van der Waals surface area contributed by atoms with E-state index in [1.165, 1.54) is 25.7 Å². The van der Waals surface area contributed by atoms with Gasteiger partial charge in [-0.05, 0) is 131 Å². The number of ether oxygens (including phenoxy) is 1. The van der Waals surface area contributed by atoms with E-state index < -0.39 is 57.1 Å². The lowest BCUT2D eigenvalue weighted by Gasteiger charge is -2.72. The first-order chi connectivity index (χ1) is 24.9. The summed E-state index contributed by atoms with van der Waals surface area (Å²) in [6, 6.07) is 0. The van der Waals surface area contributed by atoms with Crippen LogP contribution in [0.15, 0.2) is 23.3 Å². The molecule has 1 spiro atoms. The van der Waals surface area contributed by atoms with Crippen molar-refractivity contribution in [3.63, 3.8) is 0 Å². The molecule has 6 N–H and O–H groups in total. The highest BCUT2D eigenvalue weighted by molar-refractivity contribution is 5.88. The van der Waals surface area contributed by atoms with Crippen LogP contribution in [0.3, 0.4) is 0 Å². The van der Waals surface area contributed by atoms with Gasteiger partial charge in [-0.1, -0.05) is 45.1 Å². The molecule has 0 amide bonds. The summed E-state index contributed by atoms with van der Waals surface area (Å²) < 4.78 is 6.36. The van der Waals surface area contributed by atoms with Gasteiger partial charge < -0.3 is 40.6 Å². The molecule has 1 heterocycles. The van der Waals surface area contributed by atoms with E-state index in [1.54, 1.807) is 6.08 Å². The van der Waals surface area contributed by atoms with Crippen molar-refractivity contribution in [2.45, 2.75) is 145 Å². The van der Waals surface area contributed by atoms with E-state index >= 15 is 0 Å². The molecule has 7 fully saturated rings. The van der Waals surface area contributed by atoms with Gasteiger partial charge in [0.25, 0.3) is 0 Å². The van der Waals surface area contributed by atoms with Crippen LogP contribution in [0.5, 0.6) is 0 Å². The van der Waals surface area contributed by atoms with Crippen molar-refractivity contribution in [1.82, 2.24) is 10.6 Å². The smallest absolute Gasteiger partial charge is 0.332 e. The number of hydrogen-bond donors (Lipinski definition) is 6. The van der Waals surface area contributed by atoms with Gasteiger partial charge in [-0.3, -0.25) is 0 Å². The summed E-state index contributed by atoms with van der Waals surface area (Å²) in [6.45, 7) is 4.55. The number of esters is 1. The number of rotatable bonds is 8. The fraction of sp³-hybridized carbons (Fsp3) is 0.860. The van der Waals surface area contributed by atoms with Crippen molar-refractivity contribution in [1.29, 1.82) is 0 Å². The predicted octanol–water partition coefficient (Wildman–Crippen LogP) is 4.36. The molecule has 288 valence electrons. The van der Waals surface area contributed by atoms with Crippen molar-refractivity contribution < 1.29 is 34.8 Å². The SMILES string of the molecule is CNCCNCC1=CC2CC3(O)C4(O)CC5CC(C(C)C6CCCC6)CCC6C(O)CCC(C=O)(C4CCC34CCCCC13OC(=O)C=C3C24)C56O. The number of carbonyl (C=O) groups excluding carboxylic acids is 2. The Labute approximate surface area is 309 Å². The fourth-order valence-electron chi connectivity index (χ4n) is 15.9. The topological polar surface area (TPSA) is 148 Å². The first kappa shape index (κ1) is 36.0. The molecule has 8 aliphatic carbocycles. The normalized spacial score (nSPS) is 51.3. The molecule has 9 nitrogen and oxygen atoms in total. The van der Waals surface area contributed by atoms with Crippen molar-refractivity contribution >= 4 is 12.3 Å². The Morgan fingerprint density at radius 3 is 2.50 bits per heavy atom. The molecule has 1 aliphatic heterocycles. The van der Waals surface area contributed by atoms with Crippen LogP contribution in [-0.2, 0) is 14.3 Å². The van der Waals surface area contributed by atoms with Crippen molar-refractivity contribution in [3.05, 3.63) is 23.3 Å². The quantitative estimate of drug-likeness (QED) is 0.0932. The zero-order chi connectivity index (χ0) is 36.3. The monoisotopic (exact) mass is 720 g/mol. The summed E-state index contributed by atoms with van der Waals surface area (Å²) in [5.41, 5.74) is -5.28. The maximum atomic E-state index is 14.0. The second kappa shape index (κ2) is 12.4. The molecular weight excluding hydrogens is 656 g/mol. The molecule has 0 radical (unpaired) electrons. The van der Waals surface area contributed by atoms with Crippen molar-refractivity contribution in [3.8, 4) is 0 Å². The van der Waals surface area contributed by atoms with Crippen LogP contribution in [-0.4, -0.2) is 87.9 Å². The van der Waals surface area contributed by atoms with Gasteiger partial charge >= 0.3 is 5.97 Å². The van der Waals surface area contributed by atoms with E-state index in [1.807, 2.05) is 7.05 Å². The molecule has 0 aromatic rings. The van der Waals surface area contributed by atoms with Gasteiger partial charge in [-0.25, -0.2) is 4.79 Å². The van der Waals surface area contributed by atoms with Gasteiger partial charge in [0, 0.05) is 43.0 Å². The van der Waals surface area contributed by atoms with Crippen LogP contribution >= 0.6 is 0 Å². The number of allylic oxidation sites excluding steroid dienone is 1. The van der Waals surface area contributed by atoms with E-state index in [2.05, 4.69) is 23.6 Å². The highest BCUT2D eigenvalue weighted by Crippen LogP contribution is 2.78. The van der Waals surface area contributed by atoms with Crippen LogP contribution in [0, 0.1) is 58.2 Å². The molecule has 0 aromatic heterocycles. The Morgan fingerprint density at radius 1 is 0.942 bits per heavy atom. The van der Waals surface area contributed by atoms with Crippen LogP contribution in [0.25, 0.3) is 0 Å². The number of likely N-dealkylation sites (N-methyl/N-ethyl adjacent to an activating group) is 1. The third-order valence-corrected chi connectivity index (χ3v) is 18.1. The highest BCUT2D eigenvalue weighted by atomic mass is 16.6. The zero-order valence-electron chi connectivity index (χ0n) is 31.6. The summed E-state index contributed by atoms with van der Waals surface area (Å²) in [5, 5.41) is 59.4. The van der Waals surface area contributed by atoms with Crippen LogP contribution < -0.4 is 10.6 Å². The first-order valence-corrected chi connectivity index (χ1v) is 21.3. The van der Waals surface area contributed by atoms with Crippen LogP contribution in [0.2, 0.25) is 0 Å². The minimum atomic E-state index is -1.61. The molecule has 9 aliphatic rings. The number of carbonyl (C=O) groups is 2. The average Bonchev–Trinajstić information content (AvgIpc) is 3.80. The van der Waals surface area contributed by atoms with Gasteiger partial charge in [0.15, 0.2) is 5.60 Å². The minimum Gasteiger partial charge on any atom is -0.447 e. The molecule has 9 heteroatoms. The summed E-state index contributed by atoms with van der Waals surface area (Å²) >= 11 is 0. The van der Waals surface area contributed by atoms with E-state index in [9.17, 15) is 30.0 Å². The second-order valence-electron chi connectivity index (χ2n) is 19.5. The maximum absolute atomic E-state index is 14.0. The third kappa shape index (κ3) is 4.44.